The van der Waals surface area contributed by atoms with Crippen LogP contribution in [0.2, 0.25) is 0 Å². The van der Waals surface area contributed by atoms with Crippen molar-refractivity contribution in [3.8, 4) is 67.7 Å². The second-order valence-electron chi connectivity index (χ2n) is 35.9. The molecule has 27 nitrogen and oxygen atoms in total. The zero-order valence-corrected chi connectivity index (χ0v) is 86.2. The van der Waals surface area contributed by atoms with E-state index >= 15 is 0 Å². The normalized spacial score (nSPS) is 16.1. The predicted molar refractivity (Wildman–Crippen MR) is 572 cm³/mol. The van der Waals surface area contributed by atoms with Gasteiger partial charge in [-0.05, 0) is 224 Å². The third-order valence-electron chi connectivity index (χ3n) is 26.1. The smallest absolute Gasteiger partial charge is 0.417 e. The van der Waals surface area contributed by atoms with E-state index in [4.69, 9.17) is 28.1 Å². The summed E-state index contributed by atoms with van der Waals surface area (Å²) in [5.41, 5.74) is 12.7. The van der Waals surface area contributed by atoms with E-state index in [1.165, 1.54) is 97.3 Å². The van der Waals surface area contributed by atoms with Crippen molar-refractivity contribution in [3.63, 3.8) is 0 Å². The van der Waals surface area contributed by atoms with Crippen LogP contribution in [-0.2, 0) is 42.4 Å². The van der Waals surface area contributed by atoms with Crippen LogP contribution in [0.3, 0.4) is 0 Å². The van der Waals surface area contributed by atoms with Crippen LogP contribution in [-0.4, -0.2) is 140 Å². The third kappa shape index (κ3) is 25.0. The Labute approximate surface area is 859 Å². The summed E-state index contributed by atoms with van der Waals surface area (Å²) in [5.74, 6) is 4.93. The molecule has 3 fully saturated rings. The fourth-order valence-corrected chi connectivity index (χ4v) is 22.8. The van der Waals surface area contributed by atoms with Gasteiger partial charge in [0.05, 0.1) is 73.8 Å². The number of aryl methyl sites for hydroxylation is 2. The molecule has 0 spiro atoms. The predicted octanol–water partition coefficient (Wildman–Crippen LogP) is 23.1. The number of hydrogen-bond donors (Lipinski definition) is 3. The maximum absolute atomic E-state index is 14.0. The number of fused-ring (bicyclic) bond motifs is 4. The number of nitrogens with one attached hydrogen (secondary N) is 3. The largest absolute Gasteiger partial charge is 0.496 e. The summed E-state index contributed by atoms with van der Waals surface area (Å²) in [6, 6.07) is 75.4. The highest BCUT2D eigenvalue weighted by Gasteiger charge is 2.51. The zero-order valence-electron chi connectivity index (χ0n) is 82.9. The lowest BCUT2D eigenvalue weighted by molar-refractivity contribution is -0.138. The minimum Gasteiger partial charge on any atom is -0.496 e. The van der Waals surface area contributed by atoms with E-state index in [1.54, 1.807) is 97.5 Å². The average Bonchev–Trinajstić information content (AvgIpc) is 1.58. The molecule has 10 heterocycles. The summed E-state index contributed by atoms with van der Waals surface area (Å²) in [4.78, 5) is 78.9. The number of sulfonamides is 2. The highest BCUT2D eigenvalue weighted by molar-refractivity contribution is 7.93. The quantitative estimate of drug-likeness (QED) is 0.0258. The number of benzene rings is 9. The second-order valence-corrected chi connectivity index (χ2v) is 40.8. The number of aromatic nitrogens is 7. The maximum atomic E-state index is 14.0. The molecule has 2 amide bonds. The van der Waals surface area contributed by atoms with Crippen LogP contribution in [0.25, 0.3) is 77.2 Å². The Morgan fingerprint density at radius 3 is 2.07 bits per heavy atom. The van der Waals surface area contributed by atoms with E-state index in [0.29, 0.717) is 102 Å². The lowest BCUT2D eigenvalue weighted by atomic mass is 9.74. The summed E-state index contributed by atoms with van der Waals surface area (Å²) in [7, 11) is -2.84. The average molecular weight is 2060 g/mol. The number of hydrogen-bond acceptors (Lipinski definition) is 24. The molecule has 16 aromatic rings. The SMILES string of the molecule is CCOc1ncc(NS(=O)(=O)c2ccc(OC)c(C)c2C)c(OCC)n1.COc1cc(OC)c2c(-c3cccc(-c4sccc4C(C)=O)c3)cc(=O)oc2c1.Cc1cc(NC(=O)C2CCN(c3cc(-n4ccc5ccccc54)ncn3)CC2)sn1.Cc1ccc(-c2c(C3C4C=CCC(C)C4C(=O)N3Cc3ccccc3)ccc3ccccc23)cc1.O=S(=O)(/C=C/c1ccccc1)NC1CCN(c2ccc(C(F)(F)F)cn2)C1. The number of ether oxygens (including phenoxy) is 5. The standard InChI is InChI=1S/C33H31NO.C23H18O5S.C22H22N6OS.C18H18F3N3O2S.C17H23N3O5S/c1-22-15-17-26(18-16-22)31-27-13-7-6-12-25(27)19-20-29(31)32-28-14-8-9-23(2)30(28)33(35)34(32)21-24-10-4-3-5-11-24;1-13(24)17-7-8-29-23(17)15-6-4-5-14(9-15)18-12-21(25)28-20-11-16(26-2)10-19(27-3)22(18)20;1-15-12-21(30-26-15)25-22(29)17-6-9-27(10-7-17)19-13-20(24-14-23-19)28-11-8-16-4-2-3-5-18(16)28;19-18(20,21)15-6-7-17(22-12-15)24-10-8-16(13-24)23-27(25,26)11-9-14-4-2-1-3-5-14;1-6-24-16-13(10-18-17(19-16)25-7-2)20-26(21,22)15-9-8-14(23-5)11(3)12(15)4/h3-8,10-20,23,28,30,32H,9,21H2,1-2H3;4-12H,1-3H3;2-5,8,11-14,17H,6-7,9-10H2,1H3,(H,25,29);1-7,9,11-12,16,23H,8,10,13H2;8-10,20H,6-7H2,1-5H3/b;;;11-9+;. The van der Waals surface area contributed by atoms with Gasteiger partial charge in [0, 0.05) is 115 Å². The Morgan fingerprint density at radius 1 is 0.653 bits per heavy atom. The number of methoxy groups -OCH3 is 3. The van der Waals surface area contributed by atoms with Gasteiger partial charge in [0.25, 0.3) is 10.0 Å². The second kappa shape index (κ2) is 46.9. The molecule has 4 aliphatic rings. The Morgan fingerprint density at radius 2 is 1.37 bits per heavy atom. The van der Waals surface area contributed by atoms with Crippen LogP contribution in [0.15, 0.2) is 299 Å². The summed E-state index contributed by atoms with van der Waals surface area (Å²) in [6.07, 6.45) is 10.6. The molecule has 1 aliphatic carbocycles. The minimum absolute atomic E-state index is 0.00705. The molecule has 9 aromatic carbocycles. The number of nitrogens with zero attached hydrogens (tertiary/aromatic N) is 10. The molecule has 5 atom stereocenters. The molecule has 20 rings (SSSR count). The molecule has 147 heavy (non-hydrogen) atoms. The van der Waals surface area contributed by atoms with Crippen LogP contribution in [0.1, 0.15) is 114 Å². The van der Waals surface area contributed by atoms with Crippen molar-refractivity contribution in [1.29, 1.82) is 0 Å². The minimum atomic E-state index is -4.43. The van der Waals surface area contributed by atoms with Gasteiger partial charge in [-0.25, -0.2) is 46.3 Å². The van der Waals surface area contributed by atoms with Crippen LogP contribution in [0.4, 0.5) is 35.5 Å². The van der Waals surface area contributed by atoms with E-state index in [1.807, 2.05) is 97.4 Å². The number of para-hydroxylation sites is 1. The molecule has 0 saturated carbocycles. The number of halogens is 3. The lowest BCUT2D eigenvalue weighted by Crippen LogP contribution is -2.38. The monoisotopic (exact) mass is 2060 g/mol. The molecular formula is C113H112F3N13O14S4. The molecule has 3 aliphatic heterocycles. The zero-order chi connectivity index (χ0) is 104. The fraction of sp³-hybridized carbons (Fsp3) is 0.257. The molecule has 0 radical (unpaired) electrons. The summed E-state index contributed by atoms with van der Waals surface area (Å²) < 4.78 is 131. The Kier molecular flexibility index (Phi) is 33.4. The molecule has 5 unspecified atom stereocenters. The maximum Gasteiger partial charge on any atom is 0.417 e. The number of Topliss-reactive ketones (excluding diaryl/α,β-unsaturated/α-hetero) is 1. The topological polar surface area (TPSA) is 324 Å². The van der Waals surface area contributed by atoms with Gasteiger partial charge < -0.3 is 52.7 Å². The van der Waals surface area contributed by atoms with E-state index in [9.17, 15) is 49.2 Å². The van der Waals surface area contributed by atoms with Crippen molar-refractivity contribution >= 4 is 122 Å². The van der Waals surface area contributed by atoms with Crippen LogP contribution < -0.4 is 53.9 Å². The number of amides is 2. The Hall–Kier alpha value is -15.2. The number of carbonyl (C=O) groups is 3. The first-order valence-electron chi connectivity index (χ1n) is 48.1. The van der Waals surface area contributed by atoms with Crippen molar-refractivity contribution in [1.82, 2.24) is 43.5 Å². The van der Waals surface area contributed by atoms with E-state index in [0.717, 1.165) is 105 Å². The first-order valence-corrected chi connectivity index (χ1v) is 52.7. The molecule has 34 heteroatoms. The number of ketones is 1. The molecule has 3 N–H and O–H groups in total. The highest BCUT2D eigenvalue weighted by Crippen LogP contribution is 2.53. The van der Waals surface area contributed by atoms with Crippen LogP contribution in [0.5, 0.6) is 29.1 Å². The van der Waals surface area contributed by atoms with E-state index < -0.39 is 37.4 Å². The number of piperidine rings is 1. The number of likely N-dealkylation sites (tertiary alicyclic amines) is 1. The van der Waals surface area contributed by atoms with Crippen LogP contribution >= 0.6 is 22.9 Å². The number of anilines is 4. The van der Waals surface area contributed by atoms with Crippen LogP contribution in [0, 0.1) is 51.4 Å². The molecule has 0 bridgehead atoms. The molecule has 3 saturated heterocycles. The summed E-state index contributed by atoms with van der Waals surface area (Å²) in [6.45, 7) is 18.7. The summed E-state index contributed by atoms with van der Waals surface area (Å²) >= 11 is 2.84. The van der Waals surface area contributed by atoms with Crippen molar-refractivity contribution < 1.29 is 72.5 Å². The van der Waals surface area contributed by atoms with E-state index in [-0.39, 0.29) is 64.0 Å². The highest BCUT2D eigenvalue weighted by atomic mass is 32.2. The van der Waals surface area contributed by atoms with Gasteiger partial charge >= 0.3 is 17.8 Å². The van der Waals surface area contributed by atoms with Crippen molar-refractivity contribution in [2.45, 2.75) is 111 Å². The number of alkyl halides is 3. The van der Waals surface area contributed by atoms with Crippen molar-refractivity contribution in [2.24, 2.45) is 23.7 Å². The van der Waals surface area contributed by atoms with Gasteiger partial charge in [0.15, 0.2) is 5.78 Å². The Balaban J connectivity index is 0.000000132. The third-order valence-corrected chi connectivity index (χ3v) is 30.6. The molecular weight excluding hydrogens is 1950 g/mol. The van der Waals surface area contributed by atoms with Gasteiger partial charge in [0.1, 0.15) is 57.3 Å². The van der Waals surface area contributed by atoms with Gasteiger partial charge in [-0.2, -0.15) is 22.5 Å². The number of allylic oxidation sites excluding steroid dienone is 1. The first-order chi connectivity index (χ1) is 70.9. The summed E-state index contributed by atoms with van der Waals surface area (Å²) in [5, 5.41) is 11.2. The van der Waals surface area contributed by atoms with Gasteiger partial charge in [0.2, 0.25) is 27.7 Å². The Bertz CT molecular complexity index is 7780. The number of thiophene rings is 1. The van der Waals surface area contributed by atoms with Crippen molar-refractivity contribution in [2.75, 3.05) is 80.6 Å². The number of rotatable bonds is 26. The van der Waals surface area contributed by atoms with Gasteiger partial charge in [-0.3, -0.25) is 19.1 Å². The molecule has 758 valence electrons. The van der Waals surface area contributed by atoms with Gasteiger partial charge in [-0.1, -0.05) is 182 Å². The molecule has 7 aromatic heterocycles. The van der Waals surface area contributed by atoms with Gasteiger partial charge in [-0.15, -0.1) is 11.3 Å². The lowest BCUT2D eigenvalue weighted by Gasteiger charge is -2.32. The number of pyridine rings is 1. The van der Waals surface area contributed by atoms with Crippen molar-refractivity contribution in [3.05, 3.63) is 345 Å². The fourth-order valence-electron chi connectivity index (χ4n) is 18.7. The van der Waals surface area contributed by atoms with E-state index in [2.05, 4.69) is 188 Å². The first kappa shape index (κ1) is 105. The number of carbonyl (C=O) groups excluding carboxylic acids is 3.